The molecule has 3 aliphatic rings. The maximum absolute atomic E-state index is 14.8. The summed E-state index contributed by atoms with van der Waals surface area (Å²) in [4.78, 5) is 86.3. The van der Waals surface area contributed by atoms with Gasteiger partial charge in [-0.1, -0.05) is 162 Å². The molecule has 0 bridgehead atoms. The zero-order valence-electron chi connectivity index (χ0n) is 72.4. The van der Waals surface area contributed by atoms with E-state index in [1.165, 1.54) is 19.3 Å². The fraction of sp³-hybridized carbons (Fsp3) is 0.510. The van der Waals surface area contributed by atoms with Crippen molar-refractivity contribution >= 4 is 70.0 Å². The number of benzene rings is 3. The van der Waals surface area contributed by atoms with Crippen LogP contribution >= 0.6 is 11.6 Å². The van der Waals surface area contributed by atoms with Crippen LogP contribution in [-0.2, 0) is 15.9 Å². The van der Waals surface area contributed by atoms with Gasteiger partial charge < -0.3 is 29.1 Å². The lowest BCUT2D eigenvalue weighted by molar-refractivity contribution is -0.0461. The summed E-state index contributed by atoms with van der Waals surface area (Å²) in [5.41, 5.74) is 12.3. The van der Waals surface area contributed by atoms with Gasteiger partial charge in [-0.3, -0.25) is 24.2 Å². The van der Waals surface area contributed by atoms with Crippen molar-refractivity contribution in [2.75, 3.05) is 85.1 Å². The lowest BCUT2D eigenvalue weighted by Crippen LogP contribution is -2.42. The van der Waals surface area contributed by atoms with Gasteiger partial charge in [0.2, 0.25) is 0 Å². The molecule has 118 heavy (non-hydrogen) atoms. The van der Waals surface area contributed by atoms with Crippen LogP contribution in [0.5, 0.6) is 0 Å². The van der Waals surface area contributed by atoms with Crippen LogP contribution in [0.25, 0.3) is 62.5 Å². The van der Waals surface area contributed by atoms with Crippen molar-refractivity contribution in [3.63, 3.8) is 0 Å². The van der Waals surface area contributed by atoms with Crippen molar-refractivity contribution in [3.8, 4) is 33.8 Å². The van der Waals surface area contributed by atoms with E-state index in [1.807, 2.05) is 150 Å². The number of hydrogen-bond donors (Lipinski definition) is 0. The maximum Gasteiger partial charge on any atom is 0.339 e. The molecule has 0 N–H and O–H groups in total. The Bertz CT molecular complexity index is 4910. The molecule has 0 spiro atoms. The van der Waals surface area contributed by atoms with Crippen LogP contribution in [0.3, 0.4) is 0 Å². The second-order valence-electron chi connectivity index (χ2n) is 35.7. The zero-order chi connectivity index (χ0) is 83.5. The van der Waals surface area contributed by atoms with Crippen LogP contribution in [0.4, 0.5) is 0 Å². The highest BCUT2D eigenvalue weighted by Gasteiger charge is 2.31. The summed E-state index contributed by atoms with van der Waals surface area (Å²) >= 11 is 6.62. The molecule has 0 radical (unpaired) electrons. The molecule has 3 aromatic carbocycles. The molecule has 3 amide bonds. The van der Waals surface area contributed by atoms with Crippen LogP contribution in [0, 0.1) is 35.5 Å². The van der Waals surface area contributed by atoms with E-state index in [1.54, 1.807) is 6.07 Å². The SMILES string of the molecule is CC(C)CCN(CCC(C)C)C(=O)c1ccn2nc(-c3cccc(Cl)c3)c(C=CCN3CCCCC3OC(=O)c3cccc(-c4nn5ccc(C(=O)N(CCC(C)C)CCC(C)C)cc5c4C=CCN4CCCCC4OC(=O)c4cccc(-c5nn6ccc(C(=O)N(CCC(C)C)CCC(C)C)cc6c5CCCN5CCCCC5)c4)c3)c2c1. The molecule has 3 fully saturated rings. The number of rotatable bonds is 38. The summed E-state index contributed by atoms with van der Waals surface area (Å²) in [6, 6.07) is 34.4. The molecule has 3 aliphatic heterocycles. The minimum absolute atomic E-state index is 0.00754. The minimum atomic E-state index is -0.507. The summed E-state index contributed by atoms with van der Waals surface area (Å²) in [7, 11) is 0. The zero-order valence-corrected chi connectivity index (χ0v) is 73.1. The quantitative estimate of drug-likeness (QED) is 0.0335. The summed E-state index contributed by atoms with van der Waals surface area (Å²) in [5, 5.41) is 16.1. The van der Waals surface area contributed by atoms with Gasteiger partial charge in [0.25, 0.3) is 17.7 Å². The van der Waals surface area contributed by atoms with Crippen LogP contribution in [-0.4, -0.2) is 185 Å². The number of ether oxygens (including phenoxy) is 2. The number of likely N-dealkylation sites (tertiary alicyclic amines) is 3. The monoisotopic (exact) mass is 1620 g/mol. The molecule has 12 rings (SSSR count). The minimum Gasteiger partial charge on any atom is -0.443 e. The first-order chi connectivity index (χ1) is 56.9. The molecule has 9 heterocycles. The Morgan fingerprint density at radius 3 is 1.19 bits per heavy atom. The Balaban J connectivity index is 0.798. The van der Waals surface area contributed by atoms with Gasteiger partial charge in [-0.15, -0.1) is 0 Å². The molecular weight excluding hydrogens is 1490 g/mol. The third-order valence-corrected chi connectivity index (χ3v) is 23.8. The van der Waals surface area contributed by atoms with Gasteiger partial charge in [-0.05, 0) is 231 Å². The Hall–Kier alpha value is -9.27. The van der Waals surface area contributed by atoms with E-state index >= 15 is 0 Å². The van der Waals surface area contributed by atoms with Crippen LogP contribution < -0.4 is 0 Å². The number of carbonyl (C=O) groups is 5. The largest absolute Gasteiger partial charge is 0.443 e. The predicted molar refractivity (Wildman–Crippen MR) is 477 cm³/mol. The standard InChI is InChI=1S/C98H129ClN12O7/c1-68(2)37-53-106(54-38-69(3)4)94(112)77-43-59-109-86(65-77)83(32-23-48-103-46-16-13-17-47-103)91(100-109)74-26-20-29-80(62-74)97(115)117-89-35-14-18-49-104(89)51-24-33-84-87-66-78(95(113)107(55-39-70(5)6)56-40-71(7)8)44-60-110(87)101-92(84)75-27-21-30-81(63-75)98(116)118-90-36-15-19-50-105(90)52-25-34-85-88-67-79(96(114)108(57-41-72(9)10)58-42-73(11)12)45-61-111(88)102-93(85)76-28-22-31-82(99)64-76/h20-22,24-31,33-34,43-45,59-73,89-90H,13-19,23,32,35-42,46-58H2,1-12H3. The molecule has 20 heteroatoms. The summed E-state index contributed by atoms with van der Waals surface area (Å²) in [6.45, 7) is 36.0. The molecular formula is C98H129ClN12O7. The number of aryl methyl sites for hydroxylation is 1. The first-order valence-corrected chi connectivity index (χ1v) is 44.7. The van der Waals surface area contributed by atoms with Gasteiger partial charge in [0, 0.05) is 139 Å². The van der Waals surface area contributed by atoms with Crippen LogP contribution in [0.15, 0.2) is 140 Å². The highest BCUT2D eigenvalue weighted by atomic mass is 35.5. The lowest BCUT2D eigenvalue weighted by Gasteiger charge is -2.34. The summed E-state index contributed by atoms with van der Waals surface area (Å²) in [6.07, 6.45) is 28.8. The van der Waals surface area contributed by atoms with Crippen molar-refractivity contribution in [1.29, 1.82) is 0 Å². The summed E-state index contributed by atoms with van der Waals surface area (Å²) < 4.78 is 18.7. The maximum atomic E-state index is 14.8. The third kappa shape index (κ3) is 23.4. The lowest BCUT2D eigenvalue weighted by atomic mass is 10.00. The fourth-order valence-corrected chi connectivity index (χ4v) is 16.5. The second-order valence-corrected chi connectivity index (χ2v) is 36.2. The molecule has 2 atom stereocenters. The number of carbonyl (C=O) groups excluding carboxylic acids is 5. The molecule has 9 aromatic rings. The number of hydrogen-bond acceptors (Lipinski definition) is 13. The van der Waals surface area contributed by atoms with Gasteiger partial charge >= 0.3 is 11.9 Å². The van der Waals surface area contributed by atoms with Crippen molar-refractivity contribution in [1.82, 2.24) is 58.2 Å². The second kappa shape index (κ2) is 42.1. The van der Waals surface area contributed by atoms with Crippen LogP contribution in [0.2, 0.25) is 5.02 Å². The van der Waals surface area contributed by atoms with E-state index in [0.29, 0.717) is 151 Å². The van der Waals surface area contributed by atoms with Crippen molar-refractivity contribution in [2.24, 2.45) is 35.5 Å². The molecule has 2 unspecified atom stereocenters. The number of aromatic nitrogens is 6. The number of esters is 2. The number of amides is 3. The number of piperidine rings is 3. The average Bonchev–Trinajstić information content (AvgIpc) is 1.64. The first kappa shape index (κ1) is 88.0. The third-order valence-electron chi connectivity index (χ3n) is 23.6. The molecule has 630 valence electrons. The van der Waals surface area contributed by atoms with Gasteiger partial charge in [0.15, 0.2) is 12.5 Å². The number of fused-ring (bicyclic) bond motifs is 3. The normalized spacial score (nSPS) is 16.1. The van der Waals surface area contributed by atoms with Gasteiger partial charge in [0.05, 0.1) is 33.4 Å². The van der Waals surface area contributed by atoms with E-state index in [0.717, 1.165) is 159 Å². The van der Waals surface area contributed by atoms with E-state index < -0.39 is 24.4 Å². The van der Waals surface area contributed by atoms with Crippen LogP contribution in [0.1, 0.15) is 254 Å². The highest BCUT2D eigenvalue weighted by Crippen LogP contribution is 2.36. The molecule has 19 nitrogen and oxygen atoms in total. The fourth-order valence-electron chi connectivity index (χ4n) is 16.3. The molecule has 0 aliphatic carbocycles. The highest BCUT2D eigenvalue weighted by molar-refractivity contribution is 6.30. The van der Waals surface area contributed by atoms with Gasteiger partial charge in [-0.25, -0.2) is 23.1 Å². The van der Waals surface area contributed by atoms with Gasteiger partial charge in [-0.2, -0.15) is 15.3 Å². The average molecular weight is 1620 g/mol. The molecule has 6 aromatic heterocycles. The number of pyridine rings is 3. The smallest absolute Gasteiger partial charge is 0.339 e. The number of nitrogens with zero attached hydrogens (tertiary/aromatic N) is 12. The van der Waals surface area contributed by atoms with E-state index in [-0.39, 0.29) is 17.7 Å². The Morgan fingerprint density at radius 1 is 0.424 bits per heavy atom. The summed E-state index contributed by atoms with van der Waals surface area (Å²) in [5.74, 6) is 1.86. The van der Waals surface area contributed by atoms with Crippen molar-refractivity contribution in [2.45, 2.75) is 205 Å². The topological polar surface area (TPSA) is 175 Å². The van der Waals surface area contributed by atoms with E-state index in [9.17, 15) is 24.0 Å². The van der Waals surface area contributed by atoms with Crippen molar-refractivity contribution < 1.29 is 33.4 Å². The molecule has 0 saturated carbocycles. The van der Waals surface area contributed by atoms with E-state index in [4.69, 9.17) is 36.4 Å². The Labute approximate surface area is 706 Å². The Kier molecular flexibility index (Phi) is 31.4. The number of halogens is 1. The van der Waals surface area contributed by atoms with Crippen molar-refractivity contribution in [3.05, 3.63) is 189 Å². The first-order valence-electron chi connectivity index (χ1n) is 44.3. The predicted octanol–water partition coefficient (Wildman–Crippen LogP) is 20.7. The molecule has 3 saturated heterocycles. The Morgan fingerprint density at radius 2 is 0.788 bits per heavy atom. The van der Waals surface area contributed by atoms with E-state index in [2.05, 4.69) is 122 Å². The van der Waals surface area contributed by atoms with Gasteiger partial charge in [0.1, 0.15) is 11.4 Å².